The molecule has 1 atom stereocenters. The van der Waals surface area contributed by atoms with Gasteiger partial charge in [-0.05, 0) is 28.5 Å². The molecule has 0 saturated carbocycles. The van der Waals surface area contributed by atoms with Crippen LogP contribution in [-0.4, -0.2) is 18.2 Å². The molecule has 4 heteroatoms. The molecule has 21 heavy (non-hydrogen) atoms. The lowest BCUT2D eigenvalue weighted by molar-refractivity contribution is 0.0558. The molecule has 1 aromatic heterocycles. The molecule has 0 aliphatic heterocycles. The standard InChI is InChI=1S/C17H14O4/c1-20-17(19)15-10-9-14(21-15)16(18)13-8-4-6-11-5-2-3-7-12(11)13/h2-10,16,18H,1H3. The van der Waals surface area contributed by atoms with Crippen molar-refractivity contribution < 1.29 is 19.1 Å². The van der Waals surface area contributed by atoms with E-state index >= 15 is 0 Å². The van der Waals surface area contributed by atoms with Gasteiger partial charge in [-0.25, -0.2) is 4.79 Å². The van der Waals surface area contributed by atoms with Crippen molar-refractivity contribution in [3.8, 4) is 0 Å². The maximum absolute atomic E-state index is 11.4. The molecule has 0 aliphatic carbocycles. The summed E-state index contributed by atoms with van der Waals surface area (Å²) in [6.45, 7) is 0. The molecule has 0 saturated heterocycles. The highest BCUT2D eigenvalue weighted by molar-refractivity contribution is 5.87. The zero-order valence-electron chi connectivity index (χ0n) is 11.4. The lowest BCUT2D eigenvalue weighted by Gasteiger charge is -2.11. The van der Waals surface area contributed by atoms with Crippen LogP contribution in [0.1, 0.15) is 28.0 Å². The number of rotatable bonds is 3. The van der Waals surface area contributed by atoms with E-state index in [9.17, 15) is 9.90 Å². The number of fused-ring (bicyclic) bond motifs is 1. The number of hydrogen-bond acceptors (Lipinski definition) is 4. The Morgan fingerprint density at radius 3 is 2.67 bits per heavy atom. The number of aliphatic hydroxyl groups is 1. The Kier molecular flexibility index (Phi) is 3.46. The highest BCUT2D eigenvalue weighted by Crippen LogP contribution is 2.29. The van der Waals surface area contributed by atoms with E-state index in [4.69, 9.17) is 4.42 Å². The van der Waals surface area contributed by atoms with Gasteiger partial charge in [-0.2, -0.15) is 0 Å². The fourth-order valence-electron chi connectivity index (χ4n) is 2.35. The average molecular weight is 282 g/mol. The Morgan fingerprint density at radius 1 is 1.10 bits per heavy atom. The molecule has 4 nitrogen and oxygen atoms in total. The molecule has 3 rings (SSSR count). The molecule has 0 aliphatic rings. The Balaban J connectivity index is 2.02. The molecule has 0 fully saturated rings. The van der Waals surface area contributed by atoms with E-state index in [2.05, 4.69) is 4.74 Å². The van der Waals surface area contributed by atoms with Crippen LogP contribution in [0.4, 0.5) is 0 Å². The summed E-state index contributed by atoms with van der Waals surface area (Å²) in [6, 6.07) is 16.6. The van der Waals surface area contributed by atoms with Gasteiger partial charge in [0.05, 0.1) is 7.11 Å². The topological polar surface area (TPSA) is 59.7 Å². The molecule has 106 valence electrons. The van der Waals surface area contributed by atoms with E-state index < -0.39 is 12.1 Å². The minimum Gasteiger partial charge on any atom is -0.463 e. The third kappa shape index (κ3) is 2.41. The second-order valence-electron chi connectivity index (χ2n) is 4.66. The van der Waals surface area contributed by atoms with Gasteiger partial charge in [0, 0.05) is 0 Å². The normalized spacial score (nSPS) is 12.3. The van der Waals surface area contributed by atoms with Crippen molar-refractivity contribution in [2.75, 3.05) is 7.11 Å². The largest absolute Gasteiger partial charge is 0.463 e. The van der Waals surface area contributed by atoms with Gasteiger partial charge in [0.15, 0.2) is 0 Å². The third-order valence-corrected chi connectivity index (χ3v) is 3.40. The van der Waals surface area contributed by atoms with Gasteiger partial charge in [-0.1, -0.05) is 42.5 Å². The number of benzene rings is 2. The van der Waals surface area contributed by atoms with Gasteiger partial charge in [0.25, 0.3) is 0 Å². The van der Waals surface area contributed by atoms with Crippen LogP contribution in [0.25, 0.3) is 10.8 Å². The summed E-state index contributed by atoms with van der Waals surface area (Å²) in [7, 11) is 1.28. The fourth-order valence-corrected chi connectivity index (χ4v) is 2.35. The van der Waals surface area contributed by atoms with Gasteiger partial charge in [-0.15, -0.1) is 0 Å². The van der Waals surface area contributed by atoms with Gasteiger partial charge in [0.2, 0.25) is 5.76 Å². The molecule has 1 heterocycles. The van der Waals surface area contributed by atoms with Crippen LogP contribution in [0.5, 0.6) is 0 Å². The summed E-state index contributed by atoms with van der Waals surface area (Å²) in [4.78, 5) is 11.4. The average Bonchev–Trinajstić information content (AvgIpc) is 3.03. The van der Waals surface area contributed by atoms with Crippen LogP contribution in [0.15, 0.2) is 59.0 Å². The third-order valence-electron chi connectivity index (χ3n) is 3.40. The van der Waals surface area contributed by atoms with E-state index in [1.807, 2.05) is 42.5 Å². The van der Waals surface area contributed by atoms with E-state index in [0.29, 0.717) is 5.76 Å². The van der Waals surface area contributed by atoms with Crippen molar-refractivity contribution >= 4 is 16.7 Å². The smallest absolute Gasteiger partial charge is 0.373 e. The molecule has 2 aromatic carbocycles. The van der Waals surface area contributed by atoms with Crippen LogP contribution in [0, 0.1) is 0 Å². The first-order valence-electron chi connectivity index (χ1n) is 6.54. The first kappa shape index (κ1) is 13.4. The van der Waals surface area contributed by atoms with Gasteiger partial charge < -0.3 is 14.3 Å². The SMILES string of the molecule is COC(=O)c1ccc(C(O)c2cccc3ccccc23)o1. The van der Waals surface area contributed by atoms with Crippen molar-refractivity contribution in [3.05, 3.63) is 71.7 Å². The minimum absolute atomic E-state index is 0.0757. The van der Waals surface area contributed by atoms with E-state index in [0.717, 1.165) is 16.3 Å². The molecular formula is C17H14O4. The number of esters is 1. The van der Waals surface area contributed by atoms with Crippen molar-refractivity contribution in [3.63, 3.8) is 0 Å². The van der Waals surface area contributed by atoms with Crippen LogP contribution >= 0.6 is 0 Å². The maximum atomic E-state index is 11.4. The van der Waals surface area contributed by atoms with Crippen LogP contribution in [0.2, 0.25) is 0 Å². The predicted octanol–water partition coefficient (Wildman–Crippen LogP) is 3.30. The number of furan rings is 1. The summed E-state index contributed by atoms with van der Waals surface area (Å²) in [5.41, 5.74) is 0.735. The van der Waals surface area contributed by atoms with E-state index in [-0.39, 0.29) is 5.76 Å². The van der Waals surface area contributed by atoms with E-state index in [1.165, 1.54) is 13.2 Å². The number of methoxy groups -OCH3 is 1. The van der Waals surface area contributed by atoms with Gasteiger partial charge in [0.1, 0.15) is 11.9 Å². The number of carbonyl (C=O) groups excluding carboxylic acids is 1. The minimum atomic E-state index is -0.936. The molecule has 1 N–H and O–H groups in total. The molecular weight excluding hydrogens is 268 g/mol. The highest BCUT2D eigenvalue weighted by atomic mass is 16.5. The maximum Gasteiger partial charge on any atom is 0.373 e. The lowest BCUT2D eigenvalue weighted by Crippen LogP contribution is -2.01. The molecule has 0 radical (unpaired) electrons. The predicted molar refractivity (Wildman–Crippen MR) is 78.1 cm³/mol. The quantitative estimate of drug-likeness (QED) is 0.749. The molecule has 1 unspecified atom stereocenters. The first-order chi connectivity index (χ1) is 10.2. The van der Waals surface area contributed by atoms with Crippen LogP contribution < -0.4 is 0 Å². The monoisotopic (exact) mass is 282 g/mol. The molecule has 0 spiro atoms. The van der Waals surface area contributed by atoms with Crippen LogP contribution in [0.3, 0.4) is 0 Å². The Morgan fingerprint density at radius 2 is 1.86 bits per heavy atom. The highest BCUT2D eigenvalue weighted by Gasteiger charge is 2.19. The second-order valence-corrected chi connectivity index (χ2v) is 4.66. The van der Waals surface area contributed by atoms with Crippen molar-refractivity contribution in [2.45, 2.75) is 6.10 Å². The lowest BCUT2D eigenvalue weighted by atomic mass is 9.99. The summed E-state index contributed by atoms with van der Waals surface area (Å²) in [5.74, 6) is -0.176. The molecule has 0 amide bonds. The first-order valence-corrected chi connectivity index (χ1v) is 6.54. The number of aliphatic hydroxyl groups excluding tert-OH is 1. The summed E-state index contributed by atoms with van der Waals surface area (Å²) in [6.07, 6.45) is -0.936. The Labute approximate surface area is 121 Å². The Hall–Kier alpha value is -2.59. The summed E-state index contributed by atoms with van der Waals surface area (Å²) in [5, 5.41) is 12.5. The van der Waals surface area contributed by atoms with Crippen molar-refractivity contribution in [1.29, 1.82) is 0 Å². The second kappa shape index (κ2) is 5.42. The number of carbonyl (C=O) groups is 1. The van der Waals surface area contributed by atoms with Gasteiger partial charge >= 0.3 is 5.97 Å². The molecule has 0 bridgehead atoms. The van der Waals surface area contributed by atoms with Gasteiger partial charge in [-0.3, -0.25) is 0 Å². The van der Waals surface area contributed by atoms with E-state index in [1.54, 1.807) is 6.07 Å². The zero-order chi connectivity index (χ0) is 14.8. The molecule has 3 aromatic rings. The fraction of sp³-hybridized carbons (Fsp3) is 0.118. The summed E-state index contributed by atoms with van der Waals surface area (Å²) < 4.78 is 9.97. The zero-order valence-corrected chi connectivity index (χ0v) is 11.4. The number of hydrogen-bond donors (Lipinski definition) is 1. The van der Waals surface area contributed by atoms with Crippen LogP contribution in [-0.2, 0) is 4.74 Å². The van der Waals surface area contributed by atoms with Crippen molar-refractivity contribution in [2.24, 2.45) is 0 Å². The van der Waals surface area contributed by atoms with Crippen molar-refractivity contribution in [1.82, 2.24) is 0 Å². The number of ether oxygens (including phenoxy) is 1. The summed E-state index contributed by atoms with van der Waals surface area (Å²) >= 11 is 0. The Bertz CT molecular complexity index is 783.